The predicted molar refractivity (Wildman–Crippen MR) is 35.1 cm³/mol. The van der Waals surface area contributed by atoms with Crippen LogP contribution in [0, 0.1) is 0 Å². The molecule has 0 fully saturated rings. The topological polar surface area (TPSA) is 0 Å². The first kappa shape index (κ1) is 9.36. The van der Waals surface area contributed by atoms with Crippen molar-refractivity contribution < 1.29 is 6.48 Å². The molecule has 7 heteroatoms. The van der Waals surface area contributed by atoms with E-state index in [-0.39, 0.29) is 0 Å². The Labute approximate surface area is 63.9 Å². The van der Waals surface area contributed by atoms with Crippen molar-refractivity contribution in [1.29, 1.82) is 0 Å². The second-order valence-electron chi connectivity index (χ2n) is 0.758. The van der Waals surface area contributed by atoms with Gasteiger partial charge in [0.1, 0.15) is 0 Å². The van der Waals surface area contributed by atoms with Gasteiger partial charge in [0, 0.05) is 0 Å². The first-order valence-electron chi connectivity index (χ1n) is 0.802. The molecule has 0 aromatic heterocycles. The van der Waals surface area contributed by atoms with Gasteiger partial charge in [-0.15, -0.1) is 0 Å². The molecule has 0 atom stereocenters. The standard InChI is InChI=1S/6ClH.Ru/h6*1H;/q;;;;;;+2/p-6. The molecule has 0 aromatic carbocycles. The zero-order valence-corrected chi connectivity index (χ0v) is 8.90. The number of hydrogen-bond donors (Lipinski definition) is 0. The Morgan fingerprint density at radius 3 is 0.571 bits per heavy atom. The zero-order chi connectivity index (χ0) is 6.41. The predicted octanol–water partition coefficient (Wildman–Crippen LogP) is 4.13. The third-order valence-electron chi connectivity index (χ3n) is 0. The monoisotopic (exact) mass is 312 g/mol. The van der Waals surface area contributed by atoms with Crippen LogP contribution in [0.1, 0.15) is 0 Å². The molecule has 0 N–H and O–H groups in total. The van der Waals surface area contributed by atoms with Crippen LogP contribution in [0.25, 0.3) is 0 Å². The van der Waals surface area contributed by atoms with Crippen molar-refractivity contribution in [2.75, 3.05) is 0 Å². The molecular formula is Cl6Ru-4. The number of halogens is 6. The summed E-state index contributed by atoms with van der Waals surface area (Å²) >= 11 is 0. The van der Waals surface area contributed by atoms with Crippen LogP contribution in [0.5, 0.6) is 0 Å². The summed E-state index contributed by atoms with van der Waals surface area (Å²) in [5, 5.41) is 0. The second-order valence-corrected chi connectivity index (χ2v) is 40.3. The van der Waals surface area contributed by atoms with Crippen LogP contribution in [0.4, 0.5) is 0 Å². The van der Waals surface area contributed by atoms with Gasteiger partial charge >= 0.3 is 64.6 Å². The molecular weight excluding hydrogens is 314 g/mol. The molecule has 0 radical (unpaired) electrons. The fourth-order valence-corrected chi connectivity index (χ4v) is 0. The first-order chi connectivity index (χ1) is 2.45. The van der Waals surface area contributed by atoms with Crippen LogP contribution in [-0.2, 0) is 6.48 Å². The molecule has 0 unspecified atom stereocenters. The van der Waals surface area contributed by atoms with Crippen LogP contribution in [0.3, 0.4) is 0 Å². The van der Waals surface area contributed by atoms with Crippen LogP contribution in [0.2, 0.25) is 0 Å². The summed E-state index contributed by atoms with van der Waals surface area (Å²) < 4.78 is 0. The van der Waals surface area contributed by atoms with Gasteiger partial charge in [-0.1, -0.05) is 0 Å². The molecule has 0 heterocycles. The summed E-state index contributed by atoms with van der Waals surface area (Å²) in [6.45, 7) is -5.22. The van der Waals surface area contributed by atoms with Crippen LogP contribution in [-0.4, -0.2) is 0 Å². The third-order valence-corrected chi connectivity index (χ3v) is 0. The van der Waals surface area contributed by atoms with E-state index in [4.69, 9.17) is 58.1 Å². The second kappa shape index (κ2) is 1.50. The third kappa shape index (κ3) is 60.6. The average molecular weight is 314 g/mol. The maximum absolute atomic E-state index is 5.22. The van der Waals surface area contributed by atoms with Gasteiger partial charge in [0.05, 0.1) is 0 Å². The zero-order valence-electron chi connectivity index (χ0n) is 2.62. The van der Waals surface area contributed by atoms with Gasteiger partial charge < -0.3 is 0 Å². The summed E-state index contributed by atoms with van der Waals surface area (Å²) in [4.78, 5) is 0. The fourth-order valence-electron chi connectivity index (χ4n) is 0. The molecule has 0 bridgehead atoms. The molecule has 54 valence electrons. The van der Waals surface area contributed by atoms with Crippen molar-refractivity contribution in [3.05, 3.63) is 0 Å². The van der Waals surface area contributed by atoms with Crippen molar-refractivity contribution in [2.24, 2.45) is 0 Å². The van der Waals surface area contributed by atoms with Crippen molar-refractivity contribution in [3.63, 3.8) is 0 Å². The van der Waals surface area contributed by atoms with E-state index in [0.29, 0.717) is 0 Å². The van der Waals surface area contributed by atoms with E-state index >= 15 is 0 Å². The molecule has 0 nitrogen and oxygen atoms in total. The van der Waals surface area contributed by atoms with Crippen LogP contribution in [0.15, 0.2) is 0 Å². The minimum absolute atomic E-state index is 5.04. The van der Waals surface area contributed by atoms with E-state index in [1.165, 1.54) is 0 Å². The van der Waals surface area contributed by atoms with E-state index in [1.54, 1.807) is 0 Å². The summed E-state index contributed by atoms with van der Waals surface area (Å²) in [6.07, 6.45) is 0. The molecule has 0 aliphatic carbocycles. The summed E-state index contributed by atoms with van der Waals surface area (Å²) in [5.41, 5.74) is 0. The van der Waals surface area contributed by atoms with E-state index in [2.05, 4.69) is 0 Å². The summed E-state index contributed by atoms with van der Waals surface area (Å²) in [7, 11) is 30.3. The van der Waals surface area contributed by atoms with Gasteiger partial charge in [0.2, 0.25) is 0 Å². The summed E-state index contributed by atoms with van der Waals surface area (Å²) in [5.74, 6) is 0. The molecule has 7 heavy (non-hydrogen) atoms. The van der Waals surface area contributed by atoms with Crippen molar-refractivity contribution >= 4 is 58.1 Å². The van der Waals surface area contributed by atoms with Gasteiger partial charge in [-0.2, -0.15) is 0 Å². The average Bonchev–Trinajstić information content (AvgIpc) is 0.592. The Morgan fingerprint density at radius 2 is 0.571 bits per heavy atom. The fraction of sp³-hybridized carbons (Fsp3) is 0. The maximum atomic E-state index is 5.04. The van der Waals surface area contributed by atoms with Crippen molar-refractivity contribution in [2.45, 2.75) is 0 Å². The van der Waals surface area contributed by atoms with Crippen LogP contribution >= 0.6 is 58.1 Å². The van der Waals surface area contributed by atoms with E-state index < -0.39 is 6.48 Å². The number of rotatable bonds is 0. The molecule has 0 aromatic rings. The van der Waals surface area contributed by atoms with Crippen LogP contribution < -0.4 is 0 Å². The molecule has 0 spiro atoms. The molecule has 0 saturated heterocycles. The molecule has 0 rings (SSSR count). The van der Waals surface area contributed by atoms with E-state index in [1.807, 2.05) is 0 Å². The van der Waals surface area contributed by atoms with Gasteiger partial charge in [-0.05, 0) is 0 Å². The molecule has 0 aliphatic rings. The van der Waals surface area contributed by atoms with Gasteiger partial charge in [-0.3, -0.25) is 0 Å². The van der Waals surface area contributed by atoms with Crippen molar-refractivity contribution in [3.8, 4) is 0 Å². The van der Waals surface area contributed by atoms with E-state index in [0.717, 1.165) is 0 Å². The Bertz CT molecular complexity index is 62.7. The minimum atomic E-state index is -5.22. The SMILES string of the molecule is [Cl][Ru-4]([Cl])([Cl])([Cl])([Cl])[Cl]. The van der Waals surface area contributed by atoms with Crippen molar-refractivity contribution in [1.82, 2.24) is 0 Å². The molecule has 0 amide bonds. The Hall–Kier alpha value is 2.36. The normalized spacial score (nSPS) is 23.1. The number of hydrogen-bond acceptors (Lipinski definition) is 0. The van der Waals surface area contributed by atoms with Gasteiger partial charge in [0.25, 0.3) is 0 Å². The molecule has 0 saturated carbocycles. The summed E-state index contributed by atoms with van der Waals surface area (Å²) in [6, 6.07) is 0. The quantitative estimate of drug-likeness (QED) is 0.590. The first-order valence-corrected chi connectivity index (χ1v) is 14.2. The van der Waals surface area contributed by atoms with Gasteiger partial charge in [-0.25, -0.2) is 0 Å². The van der Waals surface area contributed by atoms with E-state index in [9.17, 15) is 0 Å². The van der Waals surface area contributed by atoms with Gasteiger partial charge in [0.15, 0.2) is 0 Å². The Morgan fingerprint density at radius 1 is 0.571 bits per heavy atom. The Balaban J connectivity index is 4.43. The molecule has 0 aliphatic heterocycles. The Kier molecular flexibility index (Phi) is 2.01.